The van der Waals surface area contributed by atoms with E-state index in [0.29, 0.717) is 24.7 Å². The molecule has 4 heteroatoms. The number of hydrogen-bond acceptors (Lipinski definition) is 3. The number of rotatable bonds is 2. The number of ether oxygens (including phenoxy) is 1. The maximum Gasteiger partial charge on any atom is 0.309 e. The summed E-state index contributed by atoms with van der Waals surface area (Å²) in [4.78, 5) is 22.3. The highest BCUT2D eigenvalue weighted by atomic mass is 16.5. The first-order valence-corrected chi connectivity index (χ1v) is 4.94. The second kappa shape index (κ2) is 3.26. The molecule has 2 aliphatic carbocycles. The number of aliphatic carboxylic acids is 1. The lowest BCUT2D eigenvalue weighted by molar-refractivity contribution is -0.157. The fourth-order valence-electron chi connectivity index (χ4n) is 2.55. The van der Waals surface area contributed by atoms with E-state index in [4.69, 9.17) is 5.11 Å². The smallest absolute Gasteiger partial charge is 0.309 e. The second-order valence-corrected chi connectivity index (χ2v) is 4.30. The van der Waals surface area contributed by atoms with Crippen molar-refractivity contribution < 1.29 is 19.4 Å². The van der Waals surface area contributed by atoms with Crippen molar-refractivity contribution in [3.05, 3.63) is 0 Å². The van der Waals surface area contributed by atoms with Gasteiger partial charge in [0.1, 0.15) is 0 Å². The molecule has 0 unspecified atom stereocenters. The zero-order chi connectivity index (χ0) is 10.3. The van der Waals surface area contributed by atoms with E-state index in [9.17, 15) is 9.59 Å². The third-order valence-electron chi connectivity index (χ3n) is 3.49. The quantitative estimate of drug-likeness (QED) is 0.670. The topological polar surface area (TPSA) is 63.6 Å². The van der Waals surface area contributed by atoms with Gasteiger partial charge in [-0.3, -0.25) is 9.59 Å². The van der Waals surface area contributed by atoms with Crippen LogP contribution < -0.4 is 0 Å². The molecule has 2 aliphatic rings. The molecule has 1 N–H and O–H groups in total. The Kier molecular flexibility index (Phi) is 2.21. The largest absolute Gasteiger partial charge is 0.481 e. The highest BCUT2D eigenvalue weighted by Gasteiger charge is 2.51. The first kappa shape index (κ1) is 9.49. The van der Waals surface area contributed by atoms with E-state index in [1.807, 2.05) is 0 Å². The Hall–Kier alpha value is -1.06. The van der Waals surface area contributed by atoms with Crippen molar-refractivity contribution in [2.24, 2.45) is 23.7 Å². The number of carbonyl (C=O) groups is 2. The second-order valence-electron chi connectivity index (χ2n) is 4.30. The minimum Gasteiger partial charge on any atom is -0.481 e. The van der Waals surface area contributed by atoms with Gasteiger partial charge < -0.3 is 9.84 Å². The average Bonchev–Trinajstić information content (AvgIpc) is 2.92. The van der Waals surface area contributed by atoms with Crippen LogP contribution in [-0.2, 0) is 14.3 Å². The lowest BCUT2D eigenvalue weighted by Crippen LogP contribution is -2.34. The molecular weight excluding hydrogens is 184 g/mol. The summed E-state index contributed by atoms with van der Waals surface area (Å²) in [6, 6.07) is 0. The Morgan fingerprint density at radius 1 is 1.14 bits per heavy atom. The molecule has 0 saturated heterocycles. The standard InChI is InChI=1S/C10H14O4/c1-14-10(13)8-4-6-2-5(6)3-7(8)9(11)12/h5-8H,2-4H2,1H3,(H,11,12)/t5-,6-,7-,8+/m0/s1. The number of carboxylic acid groups (broad SMARTS) is 1. The summed E-state index contributed by atoms with van der Waals surface area (Å²) in [5.41, 5.74) is 0. The molecule has 0 radical (unpaired) electrons. The summed E-state index contributed by atoms with van der Waals surface area (Å²) < 4.78 is 4.63. The van der Waals surface area contributed by atoms with Crippen molar-refractivity contribution in [1.82, 2.24) is 0 Å². The van der Waals surface area contributed by atoms with Crippen LogP contribution in [0.2, 0.25) is 0 Å². The van der Waals surface area contributed by atoms with Crippen molar-refractivity contribution in [2.75, 3.05) is 7.11 Å². The van der Waals surface area contributed by atoms with Crippen LogP contribution in [0.1, 0.15) is 19.3 Å². The van der Waals surface area contributed by atoms with Crippen molar-refractivity contribution >= 4 is 11.9 Å². The van der Waals surface area contributed by atoms with Crippen molar-refractivity contribution in [1.29, 1.82) is 0 Å². The molecule has 4 atom stereocenters. The molecule has 0 aliphatic heterocycles. The molecule has 0 amide bonds. The van der Waals surface area contributed by atoms with Crippen molar-refractivity contribution in [2.45, 2.75) is 19.3 Å². The summed E-state index contributed by atoms with van der Waals surface area (Å²) in [5.74, 6) is -1.02. The Bertz CT molecular complexity index is 273. The summed E-state index contributed by atoms with van der Waals surface area (Å²) in [7, 11) is 1.32. The maximum absolute atomic E-state index is 11.4. The Balaban J connectivity index is 2.10. The van der Waals surface area contributed by atoms with Gasteiger partial charge in [-0.25, -0.2) is 0 Å². The summed E-state index contributed by atoms with van der Waals surface area (Å²) in [6.45, 7) is 0. The molecule has 2 rings (SSSR count). The third kappa shape index (κ3) is 1.49. The highest BCUT2D eigenvalue weighted by Crippen LogP contribution is 2.53. The van der Waals surface area contributed by atoms with Crippen LogP contribution in [0.3, 0.4) is 0 Å². The zero-order valence-electron chi connectivity index (χ0n) is 8.10. The van der Waals surface area contributed by atoms with Crippen LogP contribution in [0.15, 0.2) is 0 Å². The van der Waals surface area contributed by atoms with E-state index in [1.165, 1.54) is 7.11 Å². The van der Waals surface area contributed by atoms with Crippen LogP contribution in [-0.4, -0.2) is 24.2 Å². The van der Waals surface area contributed by atoms with Crippen molar-refractivity contribution in [3.63, 3.8) is 0 Å². The minimum atomic E-state index is -0.856. The van der Waals surface area contributed by atoms with Crippen molar-refractivity contribution in [3.8, 4) is 0 Å². The van der Waals surface area contributed by atoms with E-state index in [1.54, 1.807) is 0 Å². The highest BCUT2D eigenvalue weighted by molar-refractivity contribution is 5.81. The van der Waals surface area contributed by atoms with Gasteiger partial charge in [0.25, 0.3) is 0 Å². The third-order valence-corrected chi connectivity index (χ3v) is 3.49. The van der Waals surface area contributed by atoms with E-state index in [2.05, 4.69) is 4.74 Å². The van der Waals surface area contributed by atoms with Crippen LogP contribution in [0.4, 0.5) is 0 Å². The molecule has 0 bridgehead atoms. The van der Waals surface area contributed by atoms with Gasteiger partial charge in [0.15, 0.2) is 0 Å². The SMILES string of the molecule is COC(=O)[C@@H]1C[C@@H]2C[C@H]2C[C@@H]1C(=O)O. The van der Waals surface area contributed by atoms with Crippen LogP contribution in [0, 0.1) is 23.7 Å². The molecule has 14 heavy (non-hydrogen) atoms. The van der Waals surface area contributed by atoms with Gasteiger partial charge in [-0.15, -0.1) is 0 Å². The summed E-state index contributed by atoms with van der Waals surface area (Å²) in [6.07, 6.45) is 2.45. The van der Waals surface area contributed by atoms with E-state index < -0.39 is 17.8 Å². The summed E-state index contributed by atoms with van der Waals surface area (Å²) >= 11 is 0. The molecule has 2 fully saturated rings. The number of carboxylic acids is 1. The average molecular weight is 198 g/mol. The van der Waals surface area contributed by atoms with Gasteiger partial charge in [0.2, 0.25) is 0 Å². The van der Waals surface area contributed by atoms with E-state index >= 15 is 0 Å². The van der Waals surface area contributed by atoms with Gasteiger partial charge in [-0.2, -0.15) is 0 Å². The Labute approximate surface area is 82.2 Å². The maximum atomic E-state index is 11.4. The lowest BCUT2D eigenvalue weighted by atomic mass is 9.79. The van der Waals surface area contributed by atoms with Crippen LogP contribution in [0.25, 0.3) is 0 Å². The lowest BCUT2D eigenvalue weighted by Gasteiger charge is -2.25. The number of methoxy groups -OCH3 is 1. The normalized spacial score (nSPS) is 39.8. The molecular formula is C10H14O4. The van der Waals surface area contributed by atoms with Crippen LogP contribution >= 0.6 is 0 Å². The monoisotopic (exact) mass is 198 g/mol. The first-order chi connectivity index (χ1) is 6.63. The number of fused-ring (bicyclic) bond motifs is 1. The molecule has 0 aromatic rings. The van der Waals surface area contributed by atoms with Gasteiger partial charge >= 0.3 is 11.9 Å². The molecule has 0 aromatic heterocycles. The fraction of sp³-hybridized carbons (Fsp3) is 0.800. The first-order valence-electron chi connectivity index (χ1n) is 4.94. The zero-order valence-corrected chi connectivity index (χ0v) is 8.10. The molecule has 2 saturated carbocycles. The molecule has 4 nitrogen and oxygen atoms in total. The fourth-order valence-corrected chi connectivity index (χ4v) is 2.55. The molecule has 0 spiro atoms. The number of hydrogen-bond donors (Lipinski definition) is 1. The van der Waals surface area contributed by atoms with Gasteiger partial charge in [0.05, 0.1) is 18.9 Å². The molecule has 78 valence electrons. The van der Waals surface area contributed by atoms with Crippen LogP contribution in [0.5, 0.6) is 0 Å². The van der Waals surface area contributed by atoms with E-state index in [-0.39, 0.29) is 5.97 Å². The molecule has 0 heterocycles. The Morgan fingerprint density at radius 3 is 2.21 bits per heavy atom. The number of carbonyl (C=O) groups excluding carboxylic acids is 1. The predicted molar refractivity (Wildman–Crippen MR) is 47.5 cm³/mol. The van der Waals surface area contributed by atoms with Gasteiger partial charge in [-0.05, 0) is 31.1 Å². The predicted octanol–water partition coefficient (Wildman–Crippen LogP) is 0.906. The molecule has 0 aromatic carbocycles. The Morgan fingerprint density at radius 2 is 1.71 bits per heavy atom. The van der Waals surface area contributed by atoms with E-state index in [0.717, 1.165) is 6.42 Å². The van der Waals surface area contributed by atoms with Gasteiger partial charge in [-0.1, -0.05) is 0 Å². The van der Waals surface area contributed by atoms with Gasteiger partial charge in [0, 0.05) is 0 Å². The summed E-state index contributed by atoms with van der Waals surface area (Å²) in [5, 5.41) is 8.98. The number of esters is 1. The minimum absolute atomic E-state index is 0.359.